The van der Waals surface area contributed by atoms with Gasteiger partial charge in [-0.05, 0) is 24.8 Å². The van der Waals surface area contributed by atoms with Crippen molar-refractivity contribution < 1.29 is 13.3 Å². The topological polar surface area (TPSA) is 80.5 Å². The number of nitrogens with zero attached hydrogens (tertiary/aromatic N) is 2. The van der Waals surface area contributed by atoms with Crippen LogP contribution in [0.5, 0.6) is 0 Å². The fourth-order valence-corrected chi connectivity index (χ4v) is 3.73. The van der Waals surface area contributed by atoms with E-state index in [0.29, 0.717) is 19.0 Å². The van der Waals surface area contributed by atoms with Crippen LogP contribution in [-0.2, 0) is 10.0 Å². The molecule has 7 heteroatoms. The van der Waals surface area contributed by atoms with Gasteiger partial charge < -0.3 is 0 Å². The summed E-state index contributed by atoms with van der Waals surface area (Å²) in [5.74, 6) is 0.498. The lowest BCUT2D eigenvalue weighted by Gasteiger charge is -2.20. The second-order valence-electron chi connectivity index (χ2n) is 5.26. The summed E-state index contributed by atoms with van der Waals surface area (Å²) in [5, 5.41) is 11.0. The molecule has 0 saturated heterocycles. The minimum atomic E-state index is -3.83. The summed E-state index contributed by atoms with van der Waals surface area (Å²) >= 11 is 0. The van der Waals surface area contributed by atoms with E-state index < -0.39 is 14.9 Å². The lowest BCUT2D eigenvalue weighted by atomic mass is 10.1. The number of para-hydroxylation sites is 1. The van der Waals surface area contributed by atoms with Crippen molar-refractivity contribution in [3.8, 4) is 0 Å². The molecule has 0 spiro atoms. The third-order valence-electron chi connectivity index (χ3n) is 3.22. The molecule has 0 N–H and O–H groups in total. The molecular formula is C14H22N2O4S. The molecule has 1 aromatic rings. The van der Waals surface area contributed by atoms with Crippen LogP contribution in [0.4, 0.5) is 5.69 Å². The van der Waals surface area contributed by atoms with Gasteiger partial charge in [-0.2, -0.15) is 4.31 Å². The highest BCUT2D eigenvalue weighted by atomic mass is 32.2. The van der Waals surface area contributed by atoms with E-state index in [1.807, 2.05) is 0 Å². The first kappa shape index (κ1) is 17.6. The van der Waals surface area contributed by atoms with Crippen LogP contribution in [0, 0.1) is 16.0 Å². The molecule has 0 aliphatic heterocycles. The van der Waals surface area contributed by atoms with Crippen molar-refractivity contribution in [1.82, 2.24) is 4.31 Å². The van der Waals surface area contributed by atoms with E-state index in [0.717, 1.165) is 12.8 Å². The van der Waals surface area contributed by atoms with Gasteiger partial charge in [0.1, 0.15) is 0 Å². The third-order valence-corrected chi connectivity index (χ3v) is 5.24. The molecule has 0 heterocycles. The fraction of sp³-hybridized carbons (Fsp3) is 0.571. The maximum absolute atomic E-state index is 12.6. The summed E-state index contributed by atoms with van der Waals surface area (Å²) in [6.45, 7) is 6.57. The molecule has 0 radical (unpaired) electrons. The fourth-order valence-electron chi connectivity index (χ4n) is 2.09. The van der Waals surface area contributed by atoms with E-state index in [1.165, 1.54) is 28.6 Å². The van der Waals surface area contributed by atoms with E-state index >= 15 is 0 Å². The molecule has 118 valence electrons. The molecule has 0 unspecified atom stereocenters. The normalized spacial score (nSPS) is 12.0. The number of nitro benzene ring substituents is 1. The summed E-state index contributed by atoms with van der Waals surface area (Å²) in [4.78, 5) is 10.1. The molecule has 0 saturated carbocycles. The van der Waals surface area contributed by atoms with E-state index in [9.17, 15) is 18.5 Å². The summed E-state index contributed by atoms with van der Waals surface area (Å²) < 4.78 is 26.5. The Hall–Kier alpha value is -1.47. The Labute approximate surface area is 126 Å². The second-order valence-corrected chi connectivity index (χ2v) is 7.16. The van der Waals surface area contributed by atoms with E-state index in [4.69, 9.17) is 0 Å². The van der Waals surface area contributed by atoms with Crippen molar-refractivity contribution in [3.05, 3.63) is 34.4 Å². The highest BCUT2D eigenvalue weighted by Crippen LogP contribution is 2.26. The smallest absolute Gasteiger partial charge is 0.258 e. The van der Waals surface area contributed by atoms with Gasteiger partial charge in [-0.1, -0.05) is 32.9 Å². The molecule has 0 bridgehead atoms. The van der Waals surface area contributed by atoms with Gasteiger partial charge in [-0.25, -0.2) is 8.42 Å². The van der Waals surface area contributed by atoms with E-state index in [-0.39, 0.29) is 10.6 Å². The highest BCUT2D eigenvalue weighted by molar-refractivity contribution is 7.89. The number of hydrogen-bond donors (Lipinski definition) is 0. The summed E-state index contributed by atoms with van der Waals surface area (Å²) in [5.41, 5.74) is -0.375. The molecular weight excluding hydrogens is 292 g/mol. The van der Waals surface area contributed by atoms with Gasteiger partial charge in [-0.15, -0.1) is 0 Å². The van der Waals surface area contributed by atoms with Crippen molar-refractivity contribution >= 4 is 15.7 Å². The van der Waals surface area contributed by atoms with Crippen LogP contribution < -0.4 is 0 Å². The standard InChI is InChI=1S/C14H22N2O4S/c1-4-15(11-7-8-12(2)3)21(19,20)14-10-6-5-9-13(14)16(17)18/h5-6,9-10,12H,4,7-8,11H2,1-3H3. The van der Waals surface area contributed by atoms with Gasteiger partial charge in [0.2, 0.25) is 10.0 Å². The van der Waals surface area contributed by atoms with Gasteiger partial charge in [-0.3, -0.25) is 10.1 Å². The molecule has 0 amide bonds. The van der Waals surface area contributed by atoms with E-state index in [1.54, 1.807) is 6.92 Å². The number of hydrogen-bond acceptors (Lipinski definition) is 4. The molecule has 1 aromatic carbocycles. The monoisotopic (exact) mass is 314 g/mol. The molecule has 0 aliphatic rings. The van der Waals surface area contributed by atoms with Crippen LogP contribution in [0.2, 0.25) is 0 Å². The van der Waals surface area contributed by atoms with Crippen LogP contribution >= 0.6 is 0 Å². The molecule has 6 nitrogen and oxygen atoms in total. The Balaban J connectivity index is 3.05. The molecule has 0 fully saturated rings. The first-order valence-electron chi connectivity index (χ1n) is 7.04. The van der Waals surface area contributed by atoms with Gasteiger partial charge in [0.05, 0.1) is 4.92 Å². The van der Waals surface area contributed by atoms with Gasteiger partial charge in [0.25, 0.3) is 5.69 Å². The van der Waals surface area contributed by atoms with Crippen LogP contribution in [0.1, 0.15) is 33.6 Å². The SMILES string of the molecule is CCN(CCCC(C)C)S(=O)(=O)c1ccccc1[N+](=O)[O-]. The predicted octanol–water partition coefficient (Wildman–Crippen LogP) is 3.04. The van der Waals surface area contributed by atoms with Crippen molar-refractivity contribution in [2.45, 2.75) is 38.5 Å². The van der Waals surface area contributed by atoms with Crippen molar-refractivity contribution in [1.29, 1.82) is 0 Å². The zero-order chi connectivity index (χ0) is 16.0. The minimum absolute atomic E-state index is 0.235. The maximum atomic E-state index is 12.6. The molecule has 0 aromatic heterocycles. The number of nitro groups is 1. The van der Waals surface area contributed by atoms with Crippen molar-refractivity contribution in [3.63, 3.8) is 0 Å². The quantitative estimate of drug-likeness (QED) is 0.545. The zero-order valence-electron chi connectivity index (χ0n) is 12.7. The molecule has 21 heavy (non-hydrogen) atoms. The van der Waals surface area contributed by atoms with Crippen LogP contribution in [-0.4, -0.2) is 30.7 Å². The van der Waals surface area contributed by atoms with E-state index in [2.05, 4.69) is 13.8 Å². The lowest BCUT2D eigenvalue weighted by Crippen LogP contribution is -2.32. The Bertz CT molecular complexity index is 584. The Morgan fingerprint density at radius 1 is 1.29 bits per heavy atom. The molecule has 0 aliphatic carbocycles. The van der Waals surface area contributed by atoms with Crippen molar-refractivity contribution in [2.24, 2.45) is 5.92 Å². The van der Waals surface area contributed by atoms with Crippen LogP contribution in [0.3, 0.4) is 0 Å². The lowest BCUT2D eigenvalue weighted by molar-refractivity contribution is -0.387. The van der Waals surface area contributed by atoms with Crippen molar-refractivity contribution in [2.75, 3.05) is 13.1 Å². The van der Waals surface area contributed by atoms with Gasteiger partial charge in [0, 0.05) is 19.2 Å². The van der Waals surface area contributed by atoms with Gasteiger partial charge in [0.15, 0.2) is 4.90 Å². The molecule has 0 atom stereocenters. The minimum Gasteiger partial charge on any atom is -0.258 e. The Morgan fingerprint density at radius 3 is 2.43 bits per heavy atom. The summed E-state index contributed by atoms with van der Waals surface area (Å²) in [6, 6.07) is 5.47. The average Bonchev–Trinajstić information content (AvgIpc) is 2.43. The third kappa shape index (κ3) is 4.50. The maximum Gasteiger partial charge on any atom is 0.289 e. The number of rotatable bonds is 8. The first-order chi connectivity index (χ1) is 9.80. The predicted molar refractivity (Wildman–Crippen MR) is 81.6 cm³/mol. The van der Waals surface area contributed by atoms with Crippen LogP contribution in [0.25, 0.3) is 0 Å². The highest BCUT2D eigenvalue weighted by Gasteiger charge is 2.30. The largest absolute Gasteiger partial charge is 0.289 e. The Morgan fingerprint density at radius 2 is 1.90 bits per heavy atom. The second kappa shape index (κ2) is 7.51. The Kier molecular flexibility index (Phi) is 6.29. The number of sulfonamides is 1. The van der Waals surface area contributed by atoms with Crippen LogP contribution in [0.15, 0.2) is 29.2 Å². The zero-order valence-corrected chi connectivity index (χ0v) is 13.5. The summed E-state index contributed by atoms with van der Waals surface area (Å²) in [7, 11) is -3.83. The average molecular weight is 314 g/mol. The first-order valence-corrected chi connectivity index (χ1v) is 8.48. The number of benzene rings is 1. The summed E-state index contributed by atoms with van der Waals surface area (Å²) in [6.07, 6.45) is 1.66. The van der Waals surface area contributed by atoms with Gasteiger partial charge >= 0.3 is 0 Å². The molecule has 1 rings (SSSR count).